The van der Waals surface area contributed by atoms with Crippen molar-refractivity contribution in [3.63, 3.8) is 0 Å². The molecule has 1 unspecified atom stereocenters. The van der Waals surface area contributed by atoms with Crippen LogP contribution in [0.2, 0.25) is 0 Å². The smallest absolute Gasteiger partial charge is 0.231 e. The van der Waals surface area contributed by atoms with E-state index in [1.807, 2.05) is 18.2 Å². The number of carbonyl (C=O) groups is 1. The molecule has 0 spiro atoms. The van der Waals surface area contributed by atoms with E-state index in [0.717, 1.165) is 15.9 Å². The molecule has 9 heteroatoms. The summed E-state index contributed by atoms with van der Waals surface area (Å²) in [5, 5.41) is 20.5. The van der Waals surface area contributed by atoms with E-state index in [9.17, 15) is 4.79 Å². The third-order valence-electron chi connectivity index (χ3n) is 3.95. The Balaban J connectivity index is 1.53. The third-order valence-corrected chi connectivity index (χ3v) is 4.89. The number of anilines is 1. The van der Waals surface area contributed by atoms with Crippen molar-refractivity contribution >= 4 is 32.6 Å². The van der Waals surface area contributed by atoms with Crippen molar-refractivity contribution in [2.75, 3.05) is 18.4 Å². The first-order chi connectivity index (χ1) is 11.7. The van der Waals surface area contributed by atoms with Gasteiger partial charge in [-0.15, -0.1) is 0 Å². The highest BCUT2D eigenvalue weighted by Gasteiger charge is 2.28. The maximum absolute atomic E-state index is 12.3. The van der Waals surface area contributed by atoms with Gasteiger partial charge in [-0.05, 0) is 24.6 Å². The van der Waals surface area contributed by atoms with Crippen molar-refractivity contribution in [3.05, 3.63) is 30.6 Å². The fourth-order valence-electron chi connectivity index (χ4n) is 2.71. The number of likely N-dealkylation sites (tertiary alicyclic amines) is 1. The van der Waals surface area contributed by atoms with Crippen LogP contribution in [0.4, 0.5) is 5.13 Å². The van der Waals surface area contributed by atoms with Crippen molar-refractivity contribution < 1.29 is 4.79 Å². The van der Waals surface area contributed by atoms with Gasteiger partial charge in [0.1, 0.15) is 0 Å². The molecular weight excluding hydrogens is 326 g/mol. The van der Waals surface area contributed by atoms with Crippen LogP contribution < -0.4 is 5.32 Å². The first-order valence-electron chi connectivity index (χ1n) is 7.46. The van der Waals surface area contributed by atoms with Gasteiger partial charge in [-0.25, -0.2) is 4.98 Å². The predicted octanol–water partition coefficient (Wildman–Crippen LogP) is 1.62. The Morgan fingerprint density at radius 1 is 1.38 bits per heavy atom. The lowest BCUT2D eigenvalue weighted by Gasteiger charge is -2.08. The summed E-state index contributed by atoms with van der Waals surface area (Å²) >= 11 is 1.41. The molecule has 2 aromatic heterocycles. The van der Waals surface area contributed by atoms with Crippen LogP contribution in [0.3, 0.4) is 0 Å². The maximum Gasteiger partial charge on any atom is 0.231 e. The molecule has 3 aromatic rings. The van der Waals surface area contributed by atoms with E-state index in [4.69, 9.17) is 5.26 Å². The van der Waals surface area contributed by atoms with E-state index >= 15 is 0 Å². The summed E-state index contributed by atoms with van der Waals surface area (Å²) in [5.74, 6) is -0.249. The molecule has 1 saturated heterocycles. The molecular formula is C15H13N7OS. The second-order valence-electron chi connectivity index (χ2n) is 5.51. The lowest BCUT2D eigenvalue weighted by atomic mass is 10.1. The van der Waals surface area contributed by atoms with Crippen LogP contribution in [0.5, 0.6) is 0 Å². The van der Waals surface area contributed by atoms with Gasteiger partial charge in [0.15, 0.2) is 11.3 Å². The SMILES string of the molecule is N#CN1CCC(C(=O)Nc2nc3ccc(-n4nccn4)cc3s2)C1. The minimum Gasteiger partial charge on any atom is -0.310 e. The second-order valence-corrected chi connectivity index (χ2v) is 6.54. The summed E-state index contributed by atoms with van der Waals surface area (Å²) in [4.78, 5) is 19.9. The molecule has 0 bridgehead atoms. The molecule has 1 fully saturated rings. The molecule has 1 aliphatic heterocycles. The molecule has 8 nitrogen and oxygen atoms in total. The maximum atomic E-state index is 12.3. The molecule has 0 radical (unpaired) electrons. The molecule has 0 aliphatic carbocycles. The summed E-state index contributed by atoms with van der Waals surface area (Å²) in [6.07, 6.45) is 6.01. The van der Waals surface area contributed by atoms with Crippen molar-refractivity contribution in [2.24, 2.45) is 5.92 Å². The Kier molecular flexibility index (Phi) is 3.59. The number of carbonyl (C=O) groups excluding carboxylic acids is 1. The summed E-state index contributed by atoms with van der Waals surface area (Å²) in [5.41, 5.74) is 1.66. The van der Waals surface area contributed by atoms with E-state index in [2.05, 4.69) is 26.7 Å². The van der Waals surface area contributed by atoms with Crippen molar-refractivity contribution in [1.82, 2.24) is 24.9 Å². The highest BCUT2D eigenvalue weighted by molar-refractivity contribution is 7.22. The number of fused-ring (bicyclic) bond motifs is 1. The lowest BCUT2D eigenvalue weighted by molar-refractivity contribution is -0.119. The molecule has 4 rings (SSSR count). The van der Waals surface area contributed by atoms with Crippen LogP contribution in [-0.2, 0) is 4.79 Å². The number of aromatic nitrogens is 4. The van der Waals surface area contributed by atoms with Crippen LogP contribution >= 0.6 is 11.3 Å². The predicted molar refractivity (Wildman–Crippen MR) is 88.5 cm³/mol. The van der Waals surface area contributed by atoms with E-state index in [1.54, 1.807) is 17.3 Å². The van der Waals surface area contributed by atoms with Gasteiger partial charge >= 0.3 is 0 Å². The molecule has 1 amide bonds. The van der Waals surface area contributed by atoms with Gasteiger partial charge in [-0.3, -0.25) is 4.79 Å². The monoisotopic (exact) mass is 339 g/mol. The van der Waals surface area contributed by atoms with E-state index in [1.165, 1.54) is 16.1 Å². The Morgan fingerprint density at radius 2 is 2.21 bits per heavy atom. The van der Waals surface area contributed by atoms with Gasteiger partial charge in [0.2, 0.25) is 5.91 Å². The zero-order valence-corrected chi connectivity index (χ0v) is 13.4. The van der Waals surface area contributed by atoms with Crippen LogP contribution in [-0.4, -0.2) is 43.9 Å². The van der Waals surface area contributed by atoms with E-state index < -0.39 is 0 Å². The van der Waals surface area contributed by atoms with E-state index in [0.29, 0.717) is 24.6 Å². The number of hydrogen-bond acceptors (Lipinski definition) is 7. The first-order valence-corrected chi connectivity index (χ1v) is 8.27. The van der Waals surface area contributed by atoms with Crippen molar-refractivity contribution in [2.45, 2.75) is 6.42 Å². The number of amides is 1. The highest BCUT2D eigenvalue weighted by atomic mass is 32.1. The summed E-state index contributed by atoms with van der Waals surface area (Å²) < 4.78 is 0.949. The van der Waals surface area contributed by atoms with Gasteiger partial charge in [0.05, 0.1) is 34.2 Å². The quantitative estimate of drug-likeness (QED) is 0.728. The number of nitrogens with zero attached hydrogens (tertiary/aromatic N) is 6. The molecule has 120 valence electrons. The molecule has 24 heavy (non-hydrogen) atoms. The Hall–Kier alpha value is -2.99. The fourth-order valence-corrected chi connectivity index (χ4v) is 3.61. The fraction of sp³-hybridized carbons (Fsp3) is 0.267. The first kappa shape index (κ1) is 14.6. The molecule has 0 saturated carbocycles. The third kappa shape index (κ3) is 2.68. The largest absolute Gasteiger partial charge is 0.310 e. The number of hydrogen-bond donors (Lipinski definition) is 1. The minimum atomic E-state index is -0.166. The van der Waals surface area contributed by atoms with Gasteiger partial charge in [-0.2, -0.15) is 20.3 Å². The number of benzene rings is 1. The normalized spacial score (nSPS) is 17.1. The average molecular weight is 339 g/mol. The highest BCUT2D eigenvalue weighted by Crippen LogP contribution is 2.28. The zero-order chi connectivity index (χ0) is 16.5. The van der Waals surface area contributed by atoms with Crippen LogP contribution in [0.15, 0.2) is 30.6 Å². The zero-order valence-electron chi connectivity index (χ0n) is 12.6. The summed E-state index contributed by atoms with van der Waals surface area (Å²) in [7, 11) is 0. The molecule has 1 atom stereocenters. The Bertz CT molecular complexity index is 927. The van der Waals surface area contributed by atoms with Gasteiger partial charge in [0, 0.05) is 13.1 Å². The van der Waals surface area contributed by atoms with Gasteiger partial charge < -0.3 is 10.2 Å². The number of thiazole rings is 1. The Labute approximate surface area is 141 Å². The topological polar surface area (TPSA) is 99.7 Å². The number of nitriles is 1. The average Bonchev–Trinajstić information content (AvgIpc) is 3.33. The van der Waals surface area contributed by atoms with Gasteiger partial charge in [-0.1, -0.05) is 11.3 Å². The van der Waals surface area contributed by atoms with Crippen LogP contribution in [0.1, 0.15) is 6.42 Å². The number of rotatable bonds is 3. The molecule has 1 N–H and O–H groups in total. The van der Waals surface area contributed by atoms with Gasteiger partial charge in [0.25, 0.3) is 0 Å². The summed E-state index contributed by atoms with van der Waals surface area (Å²) in [6.45, 7) is 1.11. The van der Waals surface area contributed by atoms with Crippen molar-refractivity contribution in [1.29, 1.82) is 5.26 Å². The second kappa shape index (κ2) is 5.90. The van der Waals surface area contributed by atoms with Crippen molar-refractivity contribution in [3.8, 4) is 11.9 Å². The number of nitrogens with one attached hydrogen (secondary N) is 1. The molecule has 1 aromatic carbocycles. The van der Waals surface area contributed by atoms with Crippen LogP contribution in [0, 0.1) is 17.4 Å². The standard InChI is InChI=1S/C15H13N7OS/c16-9-21-6-3-10(8-21)14(23)20-15-19-12-2-1-11(7-13(12)24-15)22-17-4-5-18-22/h1-2,4-5,7,10H,3,6,8H2,(H,19,20,23). The minimum absolute atomic E-state index is 0.0826. The Morgan fingerprint density at radius 3 is 2.96 bits per heavy atom. The van der Waals surface area contributed by atoms with Crippen LogP contribution in [0.25, 0.3) is 15.9 Å². The summed E-state index contributed by atoms with van der Waals surface area (Å²) in [6, 6.07) is 5.71. The molecule has 3 heterocycles. The molecule has 1 aliphatic rings. The lowest BCUT2D eigenvalue weighted by Crippen LogP contribution is -2.25. The van der Waals surface area contributed by atoms with E-state index in [-0.39, 0.29) is 11.8 Å².